The van der Waals surface area contributed by atoms with E-state index in [9.17, 15) is 13.2 Å². The van der Waals surface area contributed by atoms with Gasteiger partial charge in [-0.2, -0.15) is 13.2 Å². The first-order chi connectivity index (χ1) is 7.14. The topological polar surface area (TPSA) is 12.0 Å². The summed E-state index contributed by atoms with van der Waals surface area (Å²) >= 11 is 0. The first-order valence-electron chi connectivity index (χ1n) is 5.97. The molecule has 0 amide bonds. The number of hydrogen-bond acceptors (Lipinski definition) is 1. The van der Waals surface area contributed by atoms with Crippen LogP contribution < -0.4 is 5.32 Å². The average molecular weight is 239 g/mol. The second-order valence-electron chi connectivity index (χ2n) is 5.30. The third-order valence-electron chi connectivity index (χ3n) is 2.66. The van der Waals surface area contributed by atoms with Crippen molar-refractivity contribution in [2.45, 2.75) is 65.7 Å². The largest absolute Gasteiger partial charge is 0.404 e. The van der Waals surface area contributed by atoms with Crippen molar-refractivity contribution in [3.05, 3.63) is 0 Å². The monoisotopic (exact) mass is 239 g/mol. The lowest BCUT2D eigenvalue weighted by Crippen LogP contribution is -2.49. The van der Waals surface area contributed by atoms with Crippen LogP contribution in [-0.2, 0) is 0 Å². The Morgan fingerprint density at radius 2 is 1.44 bits per heavy atom. The molecule has 0 heterocycles. The van der Waals surface area contributed by atoms with Gasteiger partial charge in [0.25, 0.3) is 0 Å². The molecule has 0 fully saturated rings. The summed E-state index contributed by atoms with van der Waals surface area (Å²) in [5.41, 5.74) is 0. The van der Waals surface area contributed by atoms with E-state index in [2.05, 4.69) is 19.2 Å². The summed E-state index contributed by atoms with van der Waals surface area (Å²) in [5, 5.41) is 2.69. The van der Waals surface area contributed by atoms with Crippen LogP contribution in [0.2, 0.25) is 0 Å². The molecular weight excluding hydrogens is 215 g/mol. The van der Waals surface area contributed by atoms with Gasteiger partial charge in [-0.25, -0.2) is 0 Å². The van der Waals surface area contributed by atoms with Crippen LogP contribution in [-0.4, -0.2) is 18.3 Å². The summed E-state index contributed by atoms with van der Waals surface area (Å²) in [4.78, 5) is 0. The fourth-order valence-electron chi connectivity index (χ4n) is 1.64. The summed E-state index contributed by atoms with van der Waals surface area (Å²) in [5.74, 6) is 0.106. The van der Waals surface area contributed by atoms with E-state index in [1.54, 1.807) is 13.8 Å². The summed E-state index contributed by atoms with van der Waals surface area (Å²) in [7, 11) is 0. The van der Waals surface area contributed by atoms with Gasteiger partial charge >= 0.3 is 6.18 Å². The Hall–Kier alpha value is -0.250. The third-order valence-corrected chi connectivity index (χ3v) is 2.66. The average Bonchev–Trinajstić information content (AvgIpc) is 2.08. The van der Waals surface area contributed by atoms with Crippen LogP contribution in [0.5, 0.6) is 0 Å². The minimum atomic E-state index is -4.15. The van der Waals surface area contributed by atoms with E-state index in [1.807, 2.05) is 6.92 Å². The highest BCUT2D eigenvalue weighted by atomic mass is 19.4. The summed E-state index contributed by atoms with van der Waals surface area (Å²) in [6.07, 6.45) is -2.41. The van der Waals surface area contributed by atoms with E-state index in [4.69, 9.17) is 0 Å². The smallest absolute Gasteiger partial charge is 0.303 e. The van der Waals surface area contributed by atoms with E-state index in [0.29, 0.717) is 5.92 Å². The predicted octanol–water partition coefficient (Wildman–Crippen LogP) is 3.99. The molecule has 0 aromatic carbocycles. The van der Waals surface area contributed by atoms with E-state index in [0.717, 1.165) is 12.8 Å². The molecule has 0 aromatic rings. The van der Waals surface area contributed by atoms with E-state index in [-0.39, 0.29) is 6.04 Å². The minimum absolute atomic E-state index is 0.0866. The van der Waals surface area contributed by atoms with Gasteiger partial charge in [-0.1, -0.05) is 27.7 Å². The Labute approximate surface area is 96.8 Å². The number of halogens is 3. The Bertz CT molecular complexity index is 187. The zero-order valence-corrected chi connectivity index (χ0v) is 10.9. The van der Waals surface area contributed by atoms with Crippen LogP contribution in [0, 0.1) is 11.8 Å². The van der Waals surface area contributed by atoms with Crippen molar-refractivity contribution in [2.24, 2.45) is 11.8 Å². The SMILES string of the molecule is CC(C)CC[C@@H](C)N[C@@H](C(C)C)C(F)(F)F. The lowest BCUT2D eigenvalue weighted by atomic mass is 10.00. The van der Waals surface area contributed by atoms with Crippen LogP contribution in [0.3, 0.4) is 0 Å². The first kappa shape index (κ1) is 15.8. The number of rotatable bonds is 6. The molecule has 0 aromatic heterocycles. The molecule has 0 unspecified atom stereocenters. The molecule has 1 nitrogen and oxygen atoms in total. The predicted molar refractivity (Wildman–Crippen MR) is 61.4 cm³/mol. The van der Waals surface area contributed by atoms with Crippen LogP contribution in [0.25, 0.3) is 0 Å². The molecule has 16 heavy (non-hydrogen) atoms. The first-order valence-corrected chi connectivity index (χ1v) is 5.97. The zero-order valence-electron chi connectivity index (χ0n) is 10.9. The molecule has 2 atom stereocenters. The normalized spacial score (nSPS) is 16.9. The van der Waals surface area contributed by atoms with Crippen LogP contribution in [0.4, 0.5) is 13.2 Å². The van der Waals surface area contributed by atoms with Crippen molar-refractivity contribution in [1.82, 2.24) is 5.32 Å². The van der Waals surface area contributed by atoms with Crippen molar-refractivity contribution < 1.29 is 13.2 Å². The highest BCUT2D eigenvalue weighted by molar-refractivity contribution is 4.81. The van der Waals surface area contributed by atoms with Crippen molar-refractivity contribution in [1.29, 1.82) is 0 Å². The van der Waals surface area contributed by atoms with Crippen molar-refractivity contribution in [2.75, 3.05) is 0 Å². The fraction of sp³-hybridized carbons (Fsp3) is 1.00. The maximum absolute atomic E-state index is 12.7. The molecule has 0 radical (unpaired) electrons. The minimum Gasteiger partial charge on any atom is -0.303 e. The van der Waals surface area contributed by atoms with E-state index >= 15 is 0 Å². The number of hydrogen-bond donors (Lipinski definition) is 1. The van der Waals surface area contributed by atoms with Gasteiger partial charge < -0.3 is 5.32 Å². The van der Waals surface area contributed by atoms with Crippen LogP contribution >= 0.6 is 0 Å². The molecule has 0 rings (SSSR count). The maximum atomic E-state index is 12.7. The van der Waals surface area contributed by atoms with Gasteiger partial charge in [0.15, 0.2) is 0 Å². The van der Waals surface area contributed by atoms with Crippen LogP contribution in [0.15, 0.2) is 0 Å². The standard InChI is InChI=1S/C12H24F3N/c1-8(2)6-7-10(5)16-11(9(3)4)12(13,14)15/h8-11,16H,6-7H2,1-5H3/t10-,11+/m1/s1. The molecule has 0 aliphatic carbocycles. The highest BCUT2D eigenvalue weighted by Gasteiger charge is 2.41. The van der Waals surface area contributed by atoms with Gasteiger partial charge in [0.1, 0.15) is 6.04 Å². The van der Waals surface area contributed by atoms with Gasteiger partial charge in [-0.05, 0) is 31.6 Å². The second kappa shape index (κ2) is 6.48. The molecule has 0 bridgehead atoms. The van der Waals surface area contributed by atoms with Gasteiger partial charge in [-0.15, -0.1) is 0 Å². The fourth-order valence-corrected chi connectivity index (χ4v) is 1.64. The van der Waals surface area contributed by atoms with Crippen molar-refractivity contribution in [3.63, 3.8) is 0 Å². The Balaban J connectivity index is 4.20. The summed E-state index contributed by atoms with van der Waals surface area (Å²) in [6, 6.07) is -1.48. The maximum Gasteiger partial charge on any atom is 0.404 e. The van der Waals surface area contributed by atoms with Crippen molar-refractivity contribution in [3.8, 4) is 0 Å². The molecule has 0 saturated carbocycles. The lowest BCUT2D eigenvalue weighted by Gasteiger charge is -2.28. The second-order valence-corrected chi connectivity index (χ2v) is 5.30. The Morgan fingerprint density at radius 1 is 0.938 bits per heavy atom. The Kier molecular flexibility index (Phi) is 6.38. The summed E-state index contributed by atoms with van der Waals surface area (Å²) < 4.78 is 38.0. The quantitative estimate of drug-likeness (QED) is 0.739. The van der Waals surface area contributed by atoms with Crippen LogP contribution in [0.1, 0.15) is 47.5 Å². The molecule has 0 saturated heterocycles. The lowest BCUT2D eigenvalue weighted by molar-refractivity contribution is -0.167. The van der Waals surface area contributed by atoms with E-state index < -0.39 is 18.1 Å². The van der Waals surface area contributed by atoms with Gasteiger partial charge in [0.2, 0.25) is 0 Å². The zero-order chi connectivity index (χ0) is 12.9. The highest BCUT2D eigenvalue weighted by Crippen LogP contribution is 2.26. The molecular formula is C12H24F3N. The van der Waals surface area contributed by atoms with E-state index in [1.165, 1.54) is 0 Å². The third kappa shape index (κ3) is 6.36. The van der Waals surface area contributed by atoms with Gasteiger partial charge in [0.05, 0.1) is 0 Å². The molecule has 98 valence electrons. The molecule has 4 heteroatoms. The molecule has 0 aliphatic heterocycles. The number of nitrogens with one attached hydrogen (secondary N) is 1. The molecule has 0 spiro atoms. The molecule has 0 aliphatic rings. The summed E-state index contributed by atoms with van der Waals surface area (Å²) in [6.45, 7) is 9.18. The van der Waals surface area contributed by atoms with Gasteiger partial charge in [0, 0.05) is 6.04 Å². The van der Waals surface area contributed by atoms with Gasteiger partial charge in [-0.3, -0.25) is 0 Å². The Morgan fingerprint density at radius 3 is 1.75 bits per heavy atom. The van der Waals surface area contributed by atoms with Crippen molar-refractivity contribution >= 4 is 0 Å². The number of alkyl halides is 3. The molecule has 1 N–H and O–H groups in total.